The first-order valence-corrected chi connectivity index (χ1v) is 4.00. The molecule has 1 aromatic heterocycles. The molecule has 4 heteroatoms. The van der Waals surface area contributed by atoms with Gasteiger partial charge in [0.15, 0.2) is 0 Å². The Labute approximate surface area is 79.6 Å². The van der Waals surface area contributed by atoms with Gasteiger partial charge in [-0.2, -0.15) is 5.26 Å². The highest BCUT2D eigenvalue weighted by Gasteiger charge is 2.05. The molecule has 0 fully saturated rings. The van der Waals surface area contributed by atoms with Gasteiger partial charge in [-0.15, -0.1) is 0 Å². The maximum atomic E-state index is 8.80. The van der Waals surface area contributed by atoms with E-state index in [4.69, 9.17) is 16.9 Å². The molecule has 0 amide bonds. The molecule has 0 N–H and O–H groups in total. The third-order valence-electron chi connectivity index (χ3n) is 1.74. The summed E-state index contributed by atoms with van der Waals surface area (Å²) in [5.41, 5.74) is 1.20. The Morgan fingerprint density at radius 2 is 2.15 bits per heavy atom. The Morgan fingerprint density at radius 1 is 1.31 bits per heavy atom. The maximum absolute atomic E-state index is 8.80. The monoisotopic (exact) mass is 189 g/mol. The molecule has 2 rings (SSSR count). The zero-order valence-electron chi connectivity index (χ0n) is 6.53. The van der Waals surface area contributed by atoms with Gasteiger partial charge in [0.1, 0.15) is 11.5 Å². The van der Waals surface area contributed by atoms with E-state index in [0.29, 0.717) is 21.6 Å². The number of nitriles is 1. The summed E-state index contributed by atoms with van der Waals surface area (Å²) in [6.07, 6.45) is 1.38. The zero-order valence-corrected chi connectivity index (χ0v) is 7.28. The van der Waals surface area contributed by atoms with Crippen molar-refractivity contribution in [3.05, 3.63) is 35.2 Å². The molecule has 0 atom stereocenters. The van der Waals surface area contributed by atoms with Crippen molar-refractivity contribution < 1.29 is 0 Å². The Hall–Kier alpha value is -1.66. The molecule has 3 nitrogen and oxygen atoms in total. The number of fused-ring (bicyclic) bond motifs is 1. The Morgan fingerprint density at radius 3 is 2.92 bits per heavy atom. The molecule has 0 aliphatic heterocycles. The molecular formula is C9H4ClN3. The summed E-state index contributed by atoms with van der Waals surface area (Å²) in [7, 11) is 0. The van der Waals surface area contributed by atoms with Crippen LogP contribution in [-0.4, -0.2) is 9.97 Å². The number of rotatable bonds is 0. The lowest BCUT2D eigenvalue weighted by Gasteiger charge is -1.98. The fraction of sp³-hybridized carbons (Fsp3) is 0. The quantitative estimate of drug-likeness (QED) is 0.597. The van der Waals surface area contributed by atoms with Gasteiger partial charge in [0.25, 0.3) is 0 Å². The second kappa shape index (κ2) is 3.00. The predicted molar refractivity (Wildman–Crippen MR) is 49.3 cm³/mol. The van der Waals surface area contributed by atoms with E-state index in [9.17, 15) is 0 Å². The van der Waals surface area contributed by atoms with Crippen LogP contribution in [0.2, 0.25) is 5.15 Å². The van der Waals surface area contributed by atoms with Gasteiger partial charge in [0.05, 0.1) is 22.5 Å². The Balaban J connectivity index is 2.97. The van der Waals surface area contributed by atoms with Gasteiger partial charge in [-0.1, -0.05) is 17.7 Å². The molecule has 0 aliphatic carbocycles. The van der Waals surface area contributed by atoms with E-state index < -0.39 is 0 Å². The topological polar surface area (TPSA) is 49.6 Å². The van der Waals surface area contributed by atoms with Crippen LogP contribution in [0.25, 0.3) is 10.9 Å². The lowest BCUT2D eigenvalue weighted by Crippen LogP contribution is -1.86. The standard InChI is InChI=1S/C9H4ClN3/c10-9-8-6(4-11)2-1-3-7(8)12-5-13-9/h1-3,5H. The van der Waals surface area contributed by atoms with Crippen molar-refractivity contribution in [1.82, 2.24) is 9.97 Å². The van der Waals surface area contributed by atoms with Crippen LogP contribution in [0.4, 0.5) is 0 Å². The van der Waals surface area contributed by atoms with Gasteiger partial charge in [0.2, 0.25) is 0 Å². The molecule has 0 radical (unpaired) electrons. The summed E-state index contributed by atoms with van der Waals surface area (Å²) in [6, 6.07) is 7.30. The summed E-state index contributed by atoms with van der Waals surface area (Å²) in [4.78, 5) is 7.82. The fourth-order valence-electron chi connectivity index (χ4n) is 1.16. The van der Waals surface area contributed by atoms with Gasteiger partial charge in [-0.05, 0) is 12.1 Å². The molecule has 0 unspecified atom stereocenters. The second-order valence-electron chi connectivity index (χ2n) is 2.48. The average molecular weight is 190 g/mol. The van der Waals surface area contributed by atoms with Gasteiger partial charge in [-0.25, -0.2) is 9.97 Å². The third-order valence-corrected chi connectivity index (χ3v) is 2.02. The summed E-state index contributed by atoms with van der Waals surface area (Å²) in [5.74, 6) is 0. The molecule has 0 bridgehead atoms. The largest absolute Gasteiger partial charge is 0.236 e. The molecule has 0 saturated carbocycles. The van der Waals surface area contributed by atoms with Crippen LogP contribution in [0.1, 0.15) is 5.56 Å². The van der Waals surface area contributed by atoms with Gasteiger partial charge >= 0.3 is 0 Å². The summed E-state index contributed by atoms with van der Waals surface area (Å²) in [5, 5.41) is 9.74. The Kier molecular flexibility index (Phi) is 1.84. The van der Waals surface area contributed by atoms with E-state index in [-0.39, 0.29) is 0 Å². The summed E-state index contributed by atoms with van der Waals surface area (Å²) in [6.45, 7) is 0. The van der Waals surface area contributed by atoms with E-state index in [1.165, 1.54) is 6.33 Å². The molecule has 62 valence electrons. The molecule has 0 aliphatic rings. The maximum Gasteiger partial charge on any atom is 0.141 e. The van der Waals surface area contributed by atoms with Crippen molar-refractivity contribution in [1.29, 1.82) is 5.26 Å². The van der Waals surface area contributed by atoms with Crippen molar-refractivity contribution in [2.24, 2.45) is 0 Å². The first-order chi connectivity index (χ1) is 6.33. The highest BCUT2D eigenvalue weighted by atomic mass is 35.5. The van der Waals surface area contributed by atoms with Crippen LogP contribution in [0, 0.1) is 11.3 Å². The lowest BCUT2D eigenvalue weighted by atomic mass is 10.1. The van der Waals surface area contributed by atoms with Crippen molar-refractivity contribution >= 4 is 22.5 Å². The Bertz CT molecular complexity index is 496. The number of aromatic nitrogens is 2. The van der Waals surface area contributed by atoms with E-state index in [1.807, 2.05) is 6.07 Å². The van der Waals surface area contributed by atoms with Crippen LogP contribution in [0.5, 0.6) is 0 Å². The van der Waals surface area contributed by atoms with Crippen LogP contribution in [0.3, 0.4) is 0 Å². The lowest BCUT2D eigenvalue weighted by molar-refractivity contribution is 1.22. The highest BCUT2D eigenvalue weighted by molar-refractivity contribution is 6.34. The molecule has 2 aromatic rings. The minimum absolute atomic E-state index is 0.321. The van der Waals surface area contributed by atoms with Gasteiger partial charge < -0.3 is 0 Å². The van der Waals surface area contributed by atoms with Gasteiger partial charge in [0, 0.05) is 0 Å². The molecule has 1 heterocycles. The molecule has 1 aromatic carbocycles. The van der Waals surface area contributed by atoms with Crippen molar-refractivity contribution in [2.75, 3.05) is 0 Å². The van der Waals surface area contributed by atoms with Crippen molar-refractivity contribution in [3.8, 4) is 6.07 Å². The number of benzene rings is 1. The van der Waals surface area contributed by atoms with E-state index >= 15 is 0 Å². The molecule has 0 saturated heterocycles. The first kappa shape index (κ1) is 7.96. The molecule has 0 spiro atoms. The normalized spacial score (nSPS) is 9.85. The van der Waals surface area contributed by atoms with Crippen molar-refractivity contribution in [3.63, 3.8) is 0 Å². The highest BCUT2D eigenvalue weighted by Crippen LogP contribution is 2.22. The van der Waals surface area contributed by atoms with Crippen molar-refractivity contribution in [2.45, 2.75) is 0 Å². The predicted octanol–water partition coefficient (Wildman–Crippen LogP) is 2.15. The minimum Gasteiger partial charge on any atom is -0.236 e. The van der Waals surface area contributed by atoms with E-state index in [2.05, 4.69) is 9.97 Å². The zero-order chi connectivity index (χ0) is 9.26. The number of nitrogens with zero attached hydrogens (tertiary/aromatic N) is 3. The first-order valence-electron chi connectivity index (χ1n) is 3.62. The number of hydrogen-bond donors (Lipinski definition) is 0. The van der Waals surface area contributed by atoms with E-state index in [0.717, 1.165) is 0 Å². The van der Waals surface area contributed by atoms with E-state index in [1.54, 1.807) is 18.2 Å². The summed E-state index contributed by atoms with van der Waals surface area (Å²) >= 11 is 5.84. The smallest absolute Gasteiger partial charge is 0.141 e. The molecular weight excluding hydrogens is 186 g/mol. The summed E-state index contributed by atoms with van der Waals surface area (Å²) < 4.78 is 0. The fourth-order valence-corrected chi connectivity index (χ4v) is 1.41. The molecule has 13 heavy (non-hydrogen) atoms. The number of hydrogen-bond acceptors (Lipinski definition) is 3. The van der Waals surface area contributed by atoms with Crippen LogP contribution in [-0.2, 0) is 0 Å². The van der Waals surface area contributed by atoms with Crippen LogP contribution < -0.4 is 0 Å². The SMILES string of the molecule is N#Cc1cccc2ncnc(Cl)c12. The number of halogens is 1. The van der Waals surface area contributed by atoms with Crippen LogP contribution in [0.15, 0.2) is 24.5 Å². The van der Waals surface area contributed by atoms with Crippen LogP contribution >= 0.6 is 11.6 Å². The third kappa shape index (κ3) is 1.21. The minimum atomic E-state index is 0.321. The second-order valence-corrected chi connectivity index (χ2v) is 2.83. The van der Waals surface area contributed by atoms with Gasteiger partial charge in [-0.3, -0.25) is 0 Å². The average Bonchev–Trinajstić information content (AvgIpc) is 2.17.